The average molecular weight is 307 g/mol. The van der Waals surface area contributed by atoms with Gasteiger partial charge < -0.3 is 15.8 Å². The topological polar surface area (TPSA) is 111 Å². The Morgan fingerprint density at radius 1 is 1.38 bits per heavy atom. The maximum atomic E-state index is 11.8. The molecule has 0 spiro atoms. The van der Waals surface area contributed by atoms with Gasteiger partial charge in [0.25, 0.3) is 5.91 Å². The Labute approximate surface area is 124 Å². The van der Waals surface area contributed by atoms with Crippen LogP contribution in [-0.2, 0) is 14.4 Å². The minimum absolute atomic E-state index is 0.000598. The zero-order valence-electron chi connectivity index (χ0n) is 11.2. The molecule has 0 saturated heterocycles. The Bertz CT molecular complexity index is 612. The van der Waals surface area contributed by atoms with Crippen molar-refractivity contribution in [1.29, 1.82) is 0 Å². The highest BCUT2D eigenvalue weighted by Gasteiger charge is 2.29. The van der Waals surface area contributed by atoms with Crippen LogP contribution in [0.2, 0.25) is 0 Å². The molecule has 0 fully saturated rings. The molecule has 1 atom stereocenters. The Kier molecular flexibility index (Phi) is 4.59. The number of nitrogens with two attached hydrogens (primary N) is 1. The van der Waals surface area contributed by atoms with Crippen LogP contribution >= 0.6 is 11.8 Å². The summed E-state index contributed by atoms with van der Waals surface area (Å²) in [7, 11) is 0. The van der Waals surface area contributed by atoms with Gasteiger partial charge in [0.2, 0.25) is 5.91 Å². The SMILES string of the molecule is CC(=O)Oc1ccc(NC(=O)C[C@H]2SC(N)=NC2=O)cc1. The van der Waals surface area contributed by atoms with Gasteiger partial charge in [-0.1, -0.05) is 11.8 Å². The minimum Gasteiger partial charge on any atom is -0.427 e. The number of carbonyl (C=O) groups excluding carboxylic acids is 3. The lowest BCUT2D eigenvalue weighted by atomic mass is 10.2. The molecule has 8 heteroatoms. The number of hydrogen-bond acceptors (Lipinski definition) is 6. The molecule has 21 heavy (non-hydrogen) atoms. The average Bonchev–Trinajstić information content (AvgIpc) is 2.69. The fourth-order valence-corrected chi connectivity index (χ4v) is 2.51. The number of amides is 2. The van der Waals surface area contributed by atoms with Crippen molar-refractivity contribution in [2.24, 2.45) is 10.7 Å². The van der Waals surface area contributed by atoms with Gasteiger partial charge in [0.1, 0.15) is 11.0 Å². The highest BCUT2D eigenvalue weighted by molar-refractivity contribution is 8.15. The molecule has 0 aromatic heterocycles. The van der Waals surface area contributed by atoms with Crippen molar-refractivity contribution in [2.45, 2.75) is 18.6 Å². The second kappa shape index (κ2) is 6.40. The number of rotatable bonds is 4. The van der Waals surface area contributed by atoms with Gasteiger partial charge in [0.15, 0.2) is 5.17 Å². The zero-order chi connectivity index (χ0) is 15.4. The summed E-state index contributed by atoms with van der Waals surface area (Å²) in [5.41, 5.74) is 5.96. The standard InChI is InChI=1S/C13H13N3O4S/c1-7(17)20-9-4-2-8(3-5-9)15-11(18)6-10-12(19)16-13(14)21-10/h2-5,10H,6H2,1H3,(H,15,18)(H2,14,16,19)/t10-/m1/s1. The van der Waals surface area contributed by atoms with Crippen molar-refractivity contribution < 1.29 is 19.1 Å². The number of ether oxygens (including phenoxy) is 1. The van der Waals surface area contributed by atoms with E-state index in [1.54, 1.807) is 24.3 Å². The molecule has 1 aromatic carbocycles. The summed E-state index contributed by atoms with van der Waals surface area (Å²) in [5, 5.41) is 2.27. The van der Waals surface area contributed by atoms with Crippen LogP contribution in [0.15, 0.2) is 29.3 Å². The lowest BCUT2D eigenvalue weighted by Gasteiger charge is -2.08. The Hall–Kier alpha value is -2.35. The summed E-state index contributed by atoms with van der Waals surface area (Å²) in [6.07, 6.45) is -0.000598. The lowest BCUT2D eigenvalue weighted by molar-refractivity contribution is -0.131. The van der Waals surface area contributed by atoms with E-state index in [2.05, 4.69) is 10.3 Å². The third-order valence-corrected chi connectivity index (χ3v) is 3.51. The van der Waals surface area contributed by atoms with Crippen LogP contribution < -0.4 is 15.8 Å². The predicted molar refractivity (Wildman–Crippen MR) is 79.0 cm³/mol. The van der Waals surface area contributed by atoms with Gasteiger partial charge in [-0.2, -0.15) is 4.99 Å². The second-order valence-electron chi connectivity index (χ2n) is 4.27. The third kappa shape index (κ3) is 4.32. The molecule has 0 aliphatic carbocycles. The molecule has 0 saturated carbocycles. The van der Waals surface area contributed by atoms with Crippen LogP contribution in [0.4, 0.5) is 5.69 Å². The zero-order valence-corrected chi connectivity index (χ0v) is 12.0. The van der Waals surface area contributed by atoms with Crippen molar-refractivity contribution in [1.82, 2.24) is 0 Å². The number of thioether (sulfide) groups is 1. The fraction of sp³-hybridized carbons (Fsp3) is 0.231. The minimum atomic E-state index is -0.565. The van der Waals surface area contributed by atoms with E-state index in [0.717, 1.165) is 11.8 Å². The Morgan fingerprint density at radius 2 is 2.05 bits per heavy atom. The molecule has 2 rings (SSSR count). The molecule has 1 aromatic rings. The monoisotopic (exact) mass is 307 g/mol. The number of hydrogen-bond donors (Lipinski definition) is 2. The molecule has 3 N–H and O–H groups in total. The van der Waals surface area contributed by atoms with Gasteiger partial charge in [-0.15, -0.1) is 0 Å². The summed E-state index contributed by atoms with van der Waals surface area (Å²) < 4.78 is 4.88. The van der Waals surface area contributed by atoms with Crippen molar-refractivity contribution >= 4 is 40.4 Å². The number of nitrogens with zero attached hydrogens (tertiary/aromatic N) is 1. The number of aliphatic imine (C=N–C) groups is 1. The number of anilines is 1. The first-order valence-electron chi connectivity index (χ1n) is 6.07. The molecular weight excluding hydrogens is 294 g/mol. The quantitative estimate of drug-likeness (QED) is 0.631. The Balaban J connectivity index is 1.88. The summed E-state index contributed by atoms with van der Waals surface area (Å²) >= 11 is 1.08. The number of carbonyl (C=O) groups is 3. The van der Waals surface area contributed by atoms with E-state index in [-0.39, 0.29) is 17.5 Å². The second-order valence-corrected chi connectivity index (χ2v) is 5.49. The summed E-state index contributed by atoms with van der Waals surface area (Å²) in [4.78, 5) is 37.6. The highest BCUT2D eigenvalue weighted by atomic mass is 32.2. The maximum Gasteiger partial charge on any atom is 0.308 e. The molecule has 110 valence electrons. The van der Waals surface area contributed by atoms with Crippen molar-refractivity contribution in [2.75, 3.05) is 5.32 Å². The first-order chi connectivity index (χ1) is 9.94. The van der Waals surface area contributed by atoms with Crippen molar-refractivity contribution in [3.05, 3.63) is 24.3 Å². The molecule has 2 amide bonds. The van der Waals surface area contributed by atoms with E-state index in [9.17, 15) is 14.4 Å². The number of nitrogens with one attached hydrogen (secondary N) is 1. The normalized spacial score (nSPS) is 17.3. The summed E-state index contributed by atoms with van der Waals surface area (Å²) in [6.45, 7) is 1.31. The first kappa shape index (κ1) is 15.0. The van der Waals surface area contributed by atoms with Gasteiger partial charge >= 0.3 is 5.97 Å². The van der Waals surface area contributed by atoms with Crippen LogP contribution in [0.5, 0.6) is 5.75 Å². The first-order valence-corrected chi connectivity index (χ1v) is 6.95. The number of benzene rings is 1. The molecule has 1 heterocycles. The lowest BCUT2D eigenvalue weighted by Crippen LogP contribution is -2.21. The molecule has 0 bridgehead atoms. The van der Waals surface area contributed by atoms with Gasteiger partial charge in [-0.05, 0) is 24.3 Å². The predicted octanol–water partition coefficient (Wildman–Crippen LogP) is 0.897. The van der Waals surface area contributed by atoms with Crippen LogP contribution in [0.3, 0.4) is 0 Å². The van der Waals surface area contributed by atoms with E-state index < -0.39 is 17.1 Å². The van der Waals surface area contributed by atoms with E-state index in [1.807, 2.05) is 0 Å². The smallest absolute Gasteiger partial charge is 0.308 e. The molecule has 0 unspecified atom stereocenters. The third-order valence-electron chi connectivity index (χ3n) is 2.53. The maximum absolute atomic E-state index is 11.8. The molecular formula is C13H13N3O4S. The van der Waals surface area contributed by atoms with Crippen molar-refractivity contribution in [3.63, 3.8) is 0 Å². The van der Waals surface area contributed by atoms with Gasteiger partial charge in [-0.25, -0.2) is 0 Å². The van der Waals surface area contributed by atoms with Gasteiger partial charge in [0, 0.05) is 19.0 Å². The number of amidine groups is 1. The largest absolute Gasteiger partial charge is 0.427 e. The van der Waals surface area contributed by atoms with Crippen LogP contribution in [-0.4, -0.2) is 28.2 Å². The number of esters is 1. The van der Waals surface area contributed by atoms with Crippen LogP contribution in [0, 0.1) is 0 Å². The molecule has 1 aliphatic rings. The van der Waals surface area contributed by atoms with Crippen molar-refractivity contribution in [3.8, 4) is 5.75 Å². The van der Waals surface area contributed by atoms with Gasteiger partial charge in [0.05, 0.1) is 0 Å². The molecule has 1 aliphatic heterocycles. The summed E-state index contributed by atoms with van der Waals surface area (Å²) in [5.74, 6) is -0.729. The van der Waals surface area contributed by atoms with Crippen LogP contribution in [0.1, 0.15) is 13.3 Å². The summed E-state index contributed by atoms with van der Waals surface area (Å²) in [6, 6.07) is 6.33. The van der Waals surface area contributed by atoms with E-state index in [0.29, 0.717) is 11.4 Å². The highest BCUT2D eigenvalue weighted by Crippen LogP contribution is 2.23. The van der Waals surface area contributed by atoms with E-state index in [1.165, 1.54) is 6.92 Å². The molecule has 7 nitrogen and oxygen atoms in total. The van der Waals surface area contributed by atoms with E-state index in [4.69, 9.17) is 10.5 Å². The Morgan fingerprint density at radius 3 is 2.57 bits per heavy atom. The van der Waals surface area contributed by atoms with Gasteiger partial charge in [-0.3, -0.25) is 14.4 Å². The van der Waals surface area contributed by atoms with Crippen LogP contribution in [0.25, 0.3) is 0 Å². The fourth-order valence-electron chi connectivity index (χ4n) is 1.68. The van der Waals surface area contributed by atoms with E-state index >= 15 is 0 Å². The molecule has 0 radical (unpaired) electrons.